The zero-order valence-corrected chi connectivity index (χ0v) is 12.2. The number of hydrogen-bond donors (Lipinski definition) is 1. The van der Waals surface area contributed by atoms with Crippen LogP contribution in [0.4, 0.5) is 0 Å². The Labute approximate surface area is 125 Å². The summed E-state index contributed by atoms with van der Waals surface area (Å²) in [6, 6.07) is 5.46. The minimum atomic E-state index is -0.501. The number of methoxy groups -OCH3 is 1. The maximum atomic E-state index is 11.7. The second-order valence-electron chi connectivity index (χ2n) is 4.45. The van der Waals surface area contributed by atoms with E-state index in [4.69, 9.17) is 26.4 Å². The van der Waals surface area contributed by atoms with E-state index in [9.17, 15) is 4.79 Å². The number of esters is 1. The molecule has 0 bridgehead atoms. The van der Waals surface area contributed by atoms with Gasteiger partial charge in [0.05, 0.1) is 7.11 Å². The maximum Gasteiger partial charge on any atom is 0.342 e. The molecule has 0 aliphatic carbocycles. The van der Waals surface area contributed by atoms with Gasteiger partial charge in [0.1, 0.15) is 16.0 Å². The molecule has 108 valence electrons. The van der Waals surface area contributed by atoms with Crippen LogP contribution in [0.2, 0.25) is 0 Å². The van der Waals surface area contributed by atoms with E-state index < -0.39 is 5.97 Å². The predicted octanol–water partition coefficient (Wildman–Crippen LogP) is 2.63. The van der Waals surface area contributed by atoms with E-state index in [1.165, 1.54) is 7.11 Å². The van der Waals surface area contributed by atoms with Crippen LogP contribution in [-0.2, 0) is 4.74 Å². The van der Waals surface area contributed by atoms with Crippen LogP contribution in [-0.4, -0.2) is 29.8 Å². The molecule has 1 aliphatic heterocycles. The van der Waals surface area contributed by atoms with Gasteiger partial charge in [-0.25, -0.2) is 9.78 Å². The van der Waals surface area contributed by atoms with Crippen molar-refractivity contribution in [3.05, 3.63) is 34.1 Å². The van der Waals surface area contributed by atoms with Gasteiger partial charge < -0.3 is 19.2 Å². The first-order valence-corrected chi connectivity index (χ1v) is 6.60. The second kappa shape index (κ2) is 5.17. The van der Waals surface area contributed by atoms with Gasteiger partial charge in [-0.05, 0) is 25.1 Å². The van der Waals surface area contributed by atoms with Gasteiger partial charge in [0, 0.05) is 11.3 Å². The zero-order valence-electron chi connectivity index (χ0n) is 11.4. The molecule has 2 aromatic rings. The number of nitrogens with zero attached hydrogens (tertiary/aromatic N) is 1. The van der Waals surface area contributed by atoms with Crippen LogP contribution in [0, 0.1) is 11.6 Å². The van der Waals surface area contributed by atoms with Crippen molar-refractivity contribution in [3.8, 4) is 22.9 Å². The average Bonchev–Trinajstić information content (AvgIpc) is 2.93. The van der Waals surface area contributed by atoms with Crippen molar-refractivity contribution in [3.63, 3.8) is 0 Å². The van der Waals surface area contributed by atoms with Crippen molar-refractivity contribution in [2.75, 3.05) is 13.9 Å². The molecular weight excluding hydrogens is 292 g/mol. The highest BCUT2D eigenvalue weighted by Crippen LogP contribution is 2.35. The third-order valence-electron chi connectivity index (χ3n) is 3.14. The topological polar surface area (TPSA) is 73.4 Å². The first-order valence-electron chi connectivity index (χ1n) is 6.19. The van der Waals surface area contributed by atoms with Gasteiger partial charge in [0.2, 0.25) is 6.79 Å². The van der Waals surface area contributed by atoms with E-state index in [2.05, 4.69) is 9.97 Å². The van der Waals surface area contributed by atoms with Crippen molar-refractivity contribution in [1.29, 1.82) is 0 Å². The molecule has 21 heavy (non-hydrogen) atoms. The first-order chi connectivity index (χ1) is 10.1. The van der Waals surface area contributed by atoms with Gasteiger partial charge in [0.15, 0.2) is 11.5 Å². The molecule has 0 atom stereocenters. The molecule has 0 unspecified atom stereocenters. The molecule has 0 radical (unpaired) electrons. The predicted molar refractivity (Wildman–Crippen MR) is 77.1 cm³/mol. The van der Waals surface area contributed by atoms with Gasteiger partial charge in [-0.15, -0.1) is 0 Å². The van der Waals surface area contributed by atoms with E-state index in [1.807, 2.05) is 12.1 Å². The molecule has 1 N–H and O–H groups in total. The number of carbonyl (C=O) groups is 1. The van der Waals surface area contributed by atoms with Crippen molar-refractivity contribution in [1.82, 2.24) is 9.97 Å². The number of benzene rings is 1. The highest BCUT2D eigenvalue weighted by atomic mass is 32.1. The molecule has 0 spiro atoms. The summed E-state index contributed by atoms with van der Waals surface area (Å²) in [7, 11) is 1.31. The number of carbonyl (C=O) groups excluding carboxylic acids is 1. The summed E-state index contributed by atoms with van der Waals surface area (Å²) < 4.78 is 15.5. The Bertz CT molecular complexity index is 785. The third kappa shape index (κ3) is 2.36. The SMILES string of the molecule is COC(=O)c1c(C)[nH]c(-c2ccc3c(c2)OCO3)nc1=S. The molecule has 6 nitrogen and oxygen atoms in total. The average molecular weight is 304 g/mol. The van der Waals surface area contributed by atoms with E-state index in [0.717, 1.165) is 5.56 Å². The molecule has 3 rings (SSSR count). The lowest BCUT2D eigenvalue weighted by atomic mass is 10.1. The van der Waals surface area contributed by atoms with E-state index >= 15 is 0 Å². The lowest BCUT2D eigenvalue weighted by molar-refractivity contribution is 0.0598. The Morgan fingerprint density at radius 2 is 2.14 bits per heavy atom. The number of rotatable bonds is 2. The minimum Gasteiger partial charge on any atom is -0.465 e. The summed E-state index contributed by atoms with van der Waals surface area (Å²) in [6.45, 7) is 1.96. The van der Waals surface area contributed by atoms with Crippen molar-refractivity contribution in [2.24, 2.45) is 0 Å². The van der Waals surface area contributed by atoms with Crippen LogP contribution in [0.15, 0.2) is 18.2 Å². The van der Waals surface area contributed by atoms with Crippen LogP contribution in [0.25, 0.3) is 11.4 Å². The highest BCUT2D eigenvalue weighted by molar-refractivity contribution is 7.71. The van der Waals surface area contributed by atoms with Crippen molar-refractivity contribution < 1.29 is 19.0 Å². The molecule has 0 fully saturated rings. The molecule has 0 amide bonds. The lowest BCUT2D eigenvalue weighted by Crippen LogP contribution is -2.08. The second-order valence-corrected chi connectivity index (χ2v) is 4.84. The fourth-order valence-corrected chi connectivity index (χ4v) is 2.44. The Balaban J connectivity index is 2.08. The van der Waals surface area contributed by atoms with Gasteiger partial charge in [-0.3, -0.25) is 0 Å². The fourth-order valence-electron chi connectivity index (χ4n) is 2.11. The van der Waals surface area contributed by atoms with Crippen LogP contribution in [0.1, 0.15) is 16.1 Å². The van der Waals surface area contributed by atoms with E-state index in [-0.39, 0.29) is 17.0 Å². The van der Waals surface area contributed by atoms with Crippen LogP contribution < -0.4 is 9.47 Å². The number of H-pyrrole nitrogens is 1. The molecule has 7 heteroatoms. The lowest BCUT2D eigenvalue weighted by Gasteiger charge is -2.08. The number of ether oxygens (including phenoxy) is 3. The molecular formula is C14H12N2O4S. The van der Waals surface area contributed by atoms with Crippen LogP contribution in [0.3, 0.4) is 0 Å². The number of hydrogen-bond acceptors (Lipinski definition) is 6. The summed E-state index contributed by atoms with van der Waals surface area (Å²) in [5.41, 5.74) is 1.68. The largest absolute Gasteiger partial charge is 0.465 e. The Morgan fingerprint density at radius 1 is 1.38 bits per heavy atom. The fraction of sp³-hybridized carbons (Fsp3) is 0.214. The third-order valence-corrected chi connectivity index (χ3v) is 3.44. The summed E-state index contributed by atoms with van der Waals surface area (Å²) in [6.07, 6.45) is 0. The van der Waals surface area contributed by atoms with Gasteiger partial charge >= 0.3 is 5.97 Å². The zero-order chi connectivity index (χ0) is 15.0. The summed E-state index contributed by atoms with van der Waals surface area (Å²) in [5.74, 6) is 1.41. The molecule has 2 heterocycles. The first kappa shape index (κ1) is 13.6. The maximum absolute atomic E-state index is 11.7. The van der Waals surface area contributed by atoms with Gasteiger partial charge in [-0.1, -0.05) is 12.2 Å². The number of fused-ring (bicyclic) bond motifs is 1. The number of aryl methyl sites for hydroxylation is 1. The van der Waals surface area contributed by atoms with Crippen LogP contribution >= 0.6 is 12.2 Å². The normalized spacial score (nSPS) is 12.3. The van der Waals surface area contributed by atoms with E-state index in [1.54, 1.807) is 13.0 Å². The molecule has 1 aliphatic rings. The van der Waals surface area contributed by atoms with Gasteiger partial charge in [0.25, 0.3) is 0 Å². The molecule has 1 aromatic heterocycles. The Kier molecular flexibility index (Phi) is 3.34. The number of aromatic nitrogens is 2. The number of nitrogens with one attached hydrogen (secondary N) is 1. The quantitative estimate of drug-likeness (QED) is 0.679. The summed E-state index contributed by atoms with van der Waals surface area (Å²) in [5, 5.41) is 0. The smallest absolute Gasteiger partial charge is 0.342 e. The van der Waals surface area contributed by atoms with Gasteiger partial charge in [-0.2, -0.15) is 0 Å². The summed E-state index contributed by atoms with van der Waals surface area (Å²) in [4.78, 5) is 19.0. The standard InChI is InChI=1S/C14H12N2O4S/c1-7-11(14(17)18-2)13(21)16-12(15-7)8-3-4-9-10(5-8)20-6-19-9/h3-5H,6H2,1-2H3,(H,15,16,21). The summed E-state index contributed by atoms with van der Waals surface area (Å²) >= 11 is 5.18. The van der Waals surface area contributed by atoms with E-state index in [0.29, 0.717) is 23.0 Å². The Hall–Kier alpha value is -2.41. The highest BCUT2D eigenvalue weighted by Gasteiger charge is 2.17. The Morgan fingerprint density at radius 3 is 2.86 bits per heavy atom. The van der Waals surface area contributed by atoms with Crippen LogP contribution in [0.5, 0.6) is 11.5 Å². The van der Waals surface area contributed by atoms with Crippen molar-refractivity contribution >= 4 is 18.2 Å². The molecule has 0 saturated heterocycles. The molecule has 1 aromatic carbocycles. The number of aromatic amines is 1. The molecule has 0 saturated carbocycles. The monoisotopic (exact) mass is 304 g/mol. The van der Waals surface area contributed by atoms with Crippen molar-refractivity contribution in [2.45, 2.75) is 6.92 Å². The minimum absolute atomic E-state index is 0.200.